The zero-order valence-corrected chi connectivity index (χ0v) is 12.7. The van der Waals surface area contributed by atoms with Crippen LogP contribution in [0.5, 0.6) is 0 Å². The van der Waals surface area contributed by atoms with Crippen LogP contribution < -0.4 is 4.90 Å². The van der Waals surface area contributed by atoms with Crippen LogP contribution in [0.2, 0.25) is 5.28 Å². The molecule has 1 fully saturated rings. The highest BCUT2D eigenvalue weighted by molar-refractivity contribution is 6.28. The summed E-state index contributed by atoms with van der Waals surface area (Å²) >= 11 is 6.07. The Morgan fingerprint density at radius 2 is 2.05 bits per heavy atom. The molecule has 0 amide bonds. The molecular weight excluding hydrogens is 290 g/mol. The van der Waals surface area contributed by atoms with E-state index in [9.17, 15) is 0 Å². The number of hydrogen-bond acceptors (Lipinski definition) is 6. The minimum atomic E-state index is 0.185. The maximum Gasteiger partial charge on any atom is 0.258 e. The molecule has 1 aliphatic heterocycles. The molecule has 21 heavy (non-hydrogen) atoms. The first-order valence-electron chi connectivity index (χ1n) is 7.31. The van der Waals surface area contributed by atoms with Crippen LogP contribution >= 0.6 is 11.6 Å². The Balaban J connectivity index is 1.96. The van der Waals surface area contributed by atoms with Crippen LogP contribution in [0.3, 0.4) is 0 Å². The second-order valence-corrected chi connectivity index (χ2v) is 5.49. The Bertz CT molecular complexity index is 586. The fourth-order valence-electron chi connectivity index (χ4n) is 2.74. The highest BCUT2D eigenvalue weighted by atomic mass is 35.5. The SMILES string of the molecule is CCC1CCCCCN1c1nc(Cl)nc(-n2cncn2)n1. The van der Waals surface area contributed by atoms with E-state index < -0.39 is 0 Å². The van der Waals surface area contributed by atoms with Crippen LogP contribution in [0.4, 0.5) is 5.95 Å². The number of aromatic nitrogens is 6. The van der Waals surface area contributed by atoms with Crippen LogP contribution in [0.25, 0.3) is 5.95 Å². The van der Waals surface area contributed by atoms with Gasteiger partial charge in [-0.3, -0.25) is 0 Å². The number of rotatable bonds is 3. The molecule has 1 aliphatic rings. The molecule has 3 rings (SSSR count). The number of hydrogen-bond donors (Lipinski definition) is 0. The topological polar surface area (TPSA) is 72.6 Å². The Hall–Kier alpha value is -1.76. The number of halogens is 1. The van der Waals surface area contributed by atoms with Crippen molar-refractivity contribution in [2.24, 2.45) is 0 Å². The van der Waals surface area contributed by atoms with Crippen molar-refractivity contribution in [2.45, 2.75) is 45.1 Å². The van der Waals surface area contributed by atoms with E-state index >= 15 is 0 Å². The molecule has 8 heteroatoms. The molecule has 0 aromatic carbocycles. The third kappa shape index (κ3) is 3.12. The van der Waals surface area contributed by atoms with Gasteiger partial charge >= 0.3 is 0 Å². The van der Waals surface area contributed by atoms with E-state index in [0.29, 0.717) is 17.9 Å². The summed E-state index contributed by atoms with van der Waals surface area (Å²) in [6.07, 6.45) is 8.89. The van der Waals surface area contributed by atoms with Gasteiger partial charge in [-0.05, 0) is 30.9 Å². The van der Waals surface area contributed by atoms with Gasteiger partial charge in [0.2, 0.25) is 11.2 Å². The van der Waals surface area contributed by atoms with E-state index in [0.717, 1.165) is 19.4 Å². The Morgan fingerprint density at radius 3 is 2.81 bits per heavy atom. The van der Waals surface area contributed by atoms with Gasteiger partial charge in [0.25, 0.3) is 5.95 Å². The molecule has 2 aromatic heterocycles. The smallest absolute Gasteiger partial charge is 0.258 e. The molecule has 0 radical (unpaired) electrons. The molecule has 0 saturated carbocycles. The molecule has 0 N–H and O–H groups in total. The van der Waals surface area contributed by atoms with Crippen LogP contribution in [0, 0.1) is 0 Å². The molecule has 7 nitrogen and oxygen atoms in total. The molecular formula is C13H18ClN7. The van der Waals surface area contributed by atoms with Gasteiger partial charge in [-0.1, -0.05) is 19.8 Å². The first-order valence-corrected chi connectivity index (χ1v) is 7.69. The average molecular weight is 308 g/mol. The Labute approximate surface area is 128 Å². The highest BCUT2D eigenvalue weighted by Crippen LogP contribution is 2.24. The normalized spacial score (nSPS) is 19.5. The predicted octanol–water partition coefficient (Wildman–Crippen LogP) is 2.26. The van der Waals surface area contributed by atoms with Gasteiger partial charge in [-0.25, -0.2) is 4.98 Å². The highest BCUT2D eigenvalue weighted by Gasteiger charge is 2.23. The van der Waals surface area contributed by atoms with Crippen molar-refractivity contribution in [3.63, 3.8) is 0 Å². The zero-order chi connectivity index (χ0) is 14.7. The van der Waals surface area contributed by atoms with E-state index in [4.69, 9.17) is 11.6 Å². The average Bonchev–Trinajstić information content (AvgIpc) is 2.91. The van der Waals surface area contributed by atoms with Crippen molar-refractivity contribution in [3.05, 3.63) is 17.9 Å². The maximum absolute atomic E-state index is 6.07. The first kappa shape index (κ1) is 14.2. The summed E-state index contributed by atoms with van der Waals surface area (Å²) in [6, 6.07) is 0.453. The van der Waals surface area contributed by atoms with Crippen LogP contribution in [-0.2, 0) is 0 Å². The number of anilines is 1. The summed E-state index contributed by atoms with van der Waals surface area (Å²) < 4.78 is 1.50. The summed E-state index contributed by atoms with van der Waals surface area (Å²) in [7, 11) is 0. The van der Waals surface area contributed by atoms with Gasteiger partial charge < -0.3 is 4.90 Å². The lowest BCUT2D eigenvalue weighted by atomic mass is 10.1. The van der Waals surface area contributed by atoms with Gasteiger partial charge in [0, 0.05) is 12.6 Å². The molecule has 112 valence electrons. The summed E-state index contributed by atoms with van der Waals surface area (Å²) in [6.45, 7) is 3.15. The molecule has 0 spiro atoms. The van der Waals surface area contributed by atoms with E-state index in [1.165, 1.54) is 30.3 Å². The summed E-state index contributed by atoms with van der Waals surface area (Å²) in [5.41, 5.74) is 0. The second kappa shape index (κ2) is 6.34. The predicted molar refractivity (Wildman–Crippen MR) is 79.6 cm³/mol. The van der Waals surface area contributed by atoms with Crippen LogP contribution in [-0.4, -0.2) is 42.3 Å². The molecule has 0 aliphatic carbocycles. The molecule has 2 aromatic rings. The zero-order valence-electron chi connectivity index (χ0n) is 12.0. The fourth-order valence-corrected chi connectivity index (χ4v) is 2.89. The number of nitrogens with zero attached hydrogens (tertiary/aromatic N) is 7. The standard InChI is InChI=1S/C13H18ClN7/c1-2-10-6-4-3-5-7-20(10)12-17-11(14)18-13(19-12)21-9-15-8-16-21/h8-10H,2-7H2,1H3. The van der Waals surface area contributed by atoms with Gasteiger partial charge in [-0.15, -0.1) is 0 Å². The molecule has 1 unspecified atom stereocenters. The molecule has 0 bridgehead atoms. The van der Waals surface area contributed by atoms with E-state index in [1.807, 2.05) is 0 Å². The van der Waals surface area contributed by atoms with Crippen molar-refractivity contribution in [2.75, 3.05) is 11.4 Å². The van der Waals surface area contributed by atoms with E-state index in [1.54, 1.807) is 6.33 Å². The summed E-state index contributed by atoms with van der Waals surface area (Å²) in [5, 5.41) is 4.23. The van der Waals surface area contributed by atoms with Gasteiger partial charge in [-0.2, -0.15) is 24.7 Å². The van der Waals surface area contributed by atoms with E-state index in [-0.39, 0.29) is 5.28 Å². The minimum Gasteiger partial charge on any atom is -0.338 e. The minimum absolute atomic E-state index is 0.185. The third-order valence-electron chi connectivity index (χ3n) is 3.81. The van der Waals surface area contributed by atoms with Crippen molar-refractivity contribution in [1.82, 2.24) is 29.7 Å². The lowest BCUT2D eigenvalue weighted by Crippen LogP contribution is -2.36. The molecule has 1 atom stereocenters. The molecule has 3 heterocycles. The molecule has 1 saturated heterocycles. The largest absolute Gasteiger partial charge is 0.338 e. The monoisotopic (exact) mass is 307 g/mol. The van der Waals surface area contributed by atoms with Crippen molar-refractivity contribution in [1.29, 1.82) is 0 Å². The fraction of sp³-hybridized carbons (Fsp3) is 0.615. The van der Waals surface area contributed by atoms with Crippen molar-refractivity contribution < 1.29 is 0 Å². The van der Waals surface area contributed by atoms with Crippen molar-refractivity contribution >= 4 is 17.5 Å². The van der Waals surface area contributed by atoms with Crippen LogP contribution in [0.15, 0.2) is 12.7 Å². The maximum atomic E-state index is 6.07. The van der Waals surface area contributed by atoms with Crippen molar-refractivity contribution in [3.8, 4) is 5.95 Å². The van der Waals surface area contributed by atoms with Gasteiger partial charge in [0.1, 0.15) is 12.7 Å². The van der Waals surface area contributed by atoms with E-state index in [2.05, 4.69) is 36.9 Å². The first-order chi connectivity index (χ1) is 10.3. The van der Waals surface area contributed by atoms with Gasteiger partial charge in [0.05, 0.1) is 0 Å². The second-order valence-electron chi connectivity index (χ2n) is 5.15. The van der Waals surface area contributed by atoms with Gasteiger partial charge in [0.15, 0.2) is 0 Å². The lowest BCUT2D eigenvalue weighted by Gasteiger charge is -2.29. The third-order valence-corrected chi connectivity index (χ3v) is 3.98. The van der Waals surface area contributed by atoms with Crippen LogP contribution in [0.1, 0.15) is 39.0 Å². The Morgan fingerprint density at radius 1 is 1.19 bits per heavy atom. The summed E-state index contributed by atoms with van der Waals surface area (Å²) in [5.74, 6) is 1.04. The quantitative estimate of drug-likeness (QED) is 0.866. The lowest BCUT2D eigenvalue weighted by molar-refractivity contribution is 0.545. The Kier molecular flexibility index (Phi) is 4.28. The summed E-state index contributed by atoms with van der Waals surface area (Å²) in [4.78, 5) is 19.1.